The van der Waals surface area contributed by atoms with Crippen LogP contribution in [-0.2, 0) is 0 Å². The lowest BCUT2D eigenvalue weighted by Crippen LogP contribution is -2.27. The van der Waals surface area contributed by atoms with Gasteiger partial charge in [-0.2, -0.15) is 0 Å². The second-order valence-electron chi connectivity index (χ2n) is 9.92. The Morgan fingerprint density at radius 1 is 0.943 bits per heavy atom. The van der Waals surface area contributed by atoms with E-state index in [1.807, 2.05) is 23.5 Å². The molecule has 0 saturated heterocycles. The number of rotatable bonds is 5. The van der Waals surface area contributed by atoms with Crippen molar-refractivity contribution in [1.29, 1.82) is 0 Å². The first kappa shape index (κ1) is 26.5. The van der Waals surface area contributed by atoms with Gasteiger partial charge < -0.3 is 9.80 Å². The minimum Gasteiger partial charge on any atom is -0.355 e. The molecular weight excluding hydrogens is 579 g/mol. The zero-order valence-electron chi connectivity index (χ0n) is 21.0. The van der Waals surface area contributed by atoms with Crippen LogP contribution >= 0.6 is 47.5 Å². The van der Waals surface area contributed by atoms with Gasteiger partial charge in [0.2, 0.25) is 0 Å². The lowest BCUT2D eigenvalue weighted by Gasteiger charge is -2.31. The standard InChI is InChI=1S/C30H34N2S2.HI/c1-5-31-24-13-7-9-15-26(24)33-28(31)17-11-12-22-18-23(21-30(3,4)20-22)19-29-32(6-2)25-14-8-10-16-27(25)34-29;/h7-19,28H,5-6,20-21H2,1-4H3;1H/b17-11+,22-12+,29-19-;. The third-order valence-electron chi connectivity index (χ3n) is 6.65. The van der Waals surface area contributed by atoms with Crippen LogP contribution in [0.5, 0.6) is 0 Å². The Morgan fingerprint density at radius 3 is 2.40 bits per heavy atom. The van der Waals surface area contributed by atoms with Crippen LogP contribution in [0.3, 0.4) is 0 Å². The summed E-state index contributed by atoms with van der Waals surface area (Å²) in [5.74, 6) is 0. The number of hydrogen-bond acceptors (Lipinski definition) is 4. The number of halogens is 1. The summed E-state index contributed by atoms with van der Waals surface area (Å²) in [5, 5.41) is 1.72. The Kier molecular flexibility index (Phi) is 8.49. The minimum absolute atomic E-state index is 0. The molecule has 0 amide bonds. The highest BCUT2D eigenvalue weighted by atomic mass is 127. The van der Waals surface area contributed by atoms with Crippen molar-refractivity contribution in [2.24, 2.45) is 5.41 Å². The molecule has 184 valence electrons. The molecule has 5 heteroatoms. The molecule has 0 radical (unpaired) electrons. The Labute approximate surface area is 236 Å². The molecule has 0 bridgehead atoms. The Morgan fingerprint density at radius 2 is 1.66 bits per heavy atom. The van der Waals surface area contributed by atoms with Crippen molar-refractivity contribution in [1.82, 2.24) is 0 Å². The topological polar surface area (TPSA) is 6.48 Å². The molecule has 2 heterocycles. The highest BCUT2D eigenvalue weighted by Crippen LogP contribution is 2.47. The first-order chi connectivity index (χ1) is 16.5. The Balaban J connectivity index is 0.00000289. The second kappa shape index (κ2) is 11.2. The molecule has 2 aromatic rings. The molecule has 3 aliphatic rings. The number of hydrogen-bond donors (Lipinski definition) is 0. The molecule has 0 N–H and O–H groups in total. The fourth-order valence-electron chi connectivity index (χ4n) is 5.25. The first-order valence-electron chi connectivity index (χ1n) is 12.3. The van der Waals surface area contributed by atoms with E-state index in [9.17, 15) is 0 Å². The summed E-state index contributed by atoms with van der Waals surface area (Å²) in [6.07, 6.45) is 14.1. The Hall–Kier alpha value is -1.57. The van der Waals surface area contributed by atoms with E-state index in [1.165, 1.54) is 37.3 Å². The lowest BCUT2D eigenvalue weighted by atomic mass is 9.75. The molecule has 2 aromatic carbocycles. The van der Waals surface area contributed by atoms with Gasteiger partial charge in [-0.1, -0.05) is 85.9 Å². The summed E-state index contributed by atoms with van der Waals surface area (Å²) < 4.78 is 0. The van der Waals surface area contributed by atoms with E-state index in [1.54, 1.807) is 0 Å². The third kappa shape index (κ3) is 5.72. The average molecular weight is 615 g/mol. The maximum Gasteiger partial charge on any atom is 0.0985 e. The quantitative estimate of drug-likeness (QED) is 0.310. The zero-order chi connectivity index (χ0) is 23.7. The van der Waals surface area contributed by atoms with E-state index in [2.05, 4.69) is 116 Å². The van der Waals surface area contributed by atoms with Crippen molar-refractivity contribution in [3.05, 3.63) is 95.1 Å². The maximum atomic E-state index is 2.49. The molecule has 0 aromatic heterocycles. The number of thioether (sulfide) groups is 2. The molecule has 2 nitrogen and oxygen atoms in total. The van der Waals surface area contributed by atoms with Crippen molar-refractivity contribution in [3.63, 3.8) is 0 Å². The lowest BCUT2D eigenvalue weighted by molar-refractivity contribution is 0.355. The van der Waals surface area contributed by atoms with Crippen LogP contribution in [0, 0.1) is 5.41 Å². The van der Waals surface area contributed by atoms with Crippen LogP contribution in [0.15, 0.2) is 105 Å². The number of nitrogens with zero attached hydrogens (tertiary/aromatic N) is 2. The molecule has 0 saturated carbocycles. The monoisotopic (exact) mass is 614 g/mol. The largest absolute Gasteiger partial charge is 0.355 e. The van der Waals surface area contributed by atoms with Crippen molar-refractivity contribution >= 4 is 58.9 Å². The van der Waals surface area contributed by atoms with Crippen molar-refractivity contribution < 1.29 is 0 Å². The minimum atomic E-state index is 0. The summed E-state index contributed by atoms with van der Waals surface area (Å²) in [4.78, 5) is 7.68. The van der Waals surface area contributed by atoms with E-state index in [0.29, 0.717) is 5.37 Å². The molecule has 2 aliphatic heterocycles. The van der Waals surface area contributed by atoms with E-state index < -0.39 is 0 Å². The highest BCUT2D eigenvalue weighted by Gasteiger charge is 2.28. The summed E-state index contributed by atoms with van der Waals surface area (Å²) in [7, 11) is 0. The molecule has 1 atom stereocenters. The fraction of sp³-hybridized carbons (Fsp3) is 0.333. The number of likely N-dealkylation sites (N-methyl/N-ethyl adjacent to an activating group) is 1. The predicted octanol–water partition coefficient (Wildman–Crippen LogP) is 9.27. The average Bonchev–Trinajstić information content (AvgIpc) is 3.34. The molecule has 5 rings (SSSR count). The smallest absolute Gasteiger partial charge is 0.0985 e. The first-order valence-corrected chi connectivity index (χ1v) is 14.0. The fourth-order valence-corrected chi connectivity index (χ4v) is 7.73. The second-order valence-corrected chi connectivity index (χ2v) is 12.1. The molecule has 0 spiro atoms. The van der Waals surface area contributed by atoms with E-state index in [4.69, 9.17) is 0 Å². The van der Waals surface area contributed by atoms with E-state index >= 15 is 0 Å². The molecule has 0 fully saturated rings. The van der Waals surface area contributed by atoms with Gasteiger partial charge in [-0.25, -0.2) is 0 Å². The van der Waals surface area contributed by atoms with Crippen LogP contribution in [-0.4, -0.2) is 18.5 Å². The summed E-state index contributed by atoms with van der Waals surface area (Å²) in [6.45, 7) is 11.3. The summed E-state index contributed by atoms with van der Waals surface area (Å²) in [6, 6.07) is 17.5. The number of fused-ring (bicyclic) bond motifs is 2. The van der Waals surface area contributed by atoms with Crippen LogP contribution in [0.4, 0.5) is 11.4 Å². The van der Waals surface area contributed by atoms with Crippen LogP contribution in [0.1, 0.15) is 40.5 Å². The van der Waals surface area contributed by atoms with E-state index in [-0.39, 0.29) is 29.4 Å². The normalized spacial score (nSPS) is 23.0. The van der Waals surface area contributed by atoms with Gasteiger partial charge in [-0.15, -0.1) is 24.0 Å². The van der Waals surface area contributed by atoms with Crippen molar-refractivity contribution in [3.8, 4) is 0 Å². The molecule has 1 aliphatic carbocycles. The van der Waals surface area contributed by atoms with Crippen LogP contribution < -0.4 is 9.80 Å². The molecular formula is C30H35IN2S2. The van der Waals surface area contributed by atoms with Gasteiger partial charge in [0.1, 0.15) is 0 Å². The molecule has 1 unspecified atom stereocenters. The summed E-state index contributed by atoms with van der Waals surface area (Å²) >= 11 is 3.85. The van der Waals surface area contributed by atoms with Gasteiger partial charge in [0, 0.05) is 22.9 Å². The van der Waals surface area contributed by atoms with Gasteiger partial charge in [-0.3, -0.25) is 0 Å². The van der Waals surface area contributed by atoms with Gasteiger partial charge in [0.25, 0.3) is 0 Å². The predicted molar refractivity (Wildman–Crippen MR) is 166 cm³/mol. The van der Waals surface area contributed by atoms with Crippen molar-refractivity contribution in [2.75, 3.05) is 22.9 Å². The highest BCUT2D eigenvalue weighted by molar-refractivity contribution is 14.0. The van der Waals surface area contributed by atoms with Crippen LogP contribution in [0.25, 0.3) is 0 Å². The number of para-hydroxylation sites is 2. The Bertz CT molecular complexity index is 1190. The van der Waals surface area contributed by atoms with Crippen molar-refractivity contribution in [2.45, 2.75) is 55.7 Å². The number of anilines is 2. The third-order valence-corrected chi connectivity index (χ3v) is 9.02. The number of allylic oxidation sites excluding steroid dienone is 6. The zero-order valence-corrected chi connectivity index (χ0v) is 25.0. The van der Waals surface area contributed by atoms with Gasteiger partial charge in [0.15, 0.2) is 0 Å². The summed E-state index contributed by atoms with van der Waals surface area (Å²) in [5.41, 5.74) is 5.82. The molecule has 35 heavy (non-hydrogen) atoms. The maximum absolute atomic E-state index is 2.49. The SMILES string of the molecule is CCN1/C(=C/C2=CC(=C\C=C\C3Sc4ccccc4N3CC)/CC(C)(C)C2)Sc2ccccc21.I. The van der Waals surface area contributed by atoms with Gasteiger partial charge in [0.05, 0.1) is 21.8 Å². The van der Waals surface area contributed by atoms with Gasteiger partial charge in [-0.05, 0) is 73.6 Å². The van der Waals surface area contributed by atoms with Crippen LogP contribution in [0.2, 0.25) is 0 Å². The van der Waals surface area contributed by atoms with E-state index in [0.717, 1.165) is 25.9 Å². The van der Waals surface area contributed by atoms with Gasteiger partial charge >= 0.3 is 0 Å². The number of benzene rings is 2.